The molecule has 7 nitrogen and oxygen atoms in total. The highest BCUT2D eigenvalue weighted by atomic mass is 16.5. The van der Waals surface area contributed by atoms with Gasteiger partial charge in [0.05, 0.1) is 25.4 Å². The van der Waals surface area contributed by atoms with E-state index in [4.69, 9.17) is 4.42 Å². The molecule has 0 saturated carbocycles. The van der Waals surface area contributed by atoms with Gasteiger partial charge in [-0.15, -0.1) is 0 Å². The van der Waals surface area contributed by atoms with Crippen LogP contribution in [0.5, 0.6) is 5.88 Å². The molecule has 0 atom stereocenters. The number of carbonyl (C=O) groups is 1. The average Bonchev–Trinajstić information content (AvgIpc) is 2.86. The Morgan fingerprint density at radius 2 is 2.25 bits per heavy atom. The number of carbonyl (C=O) groups excluding carboxylic acids is 1. The van der Waals surface area contributed by atoms with Crippen molar-refractivity contribution in [1.82, 2.24) is 4.57 Å². The third-order valence-electron chi connectivity index (χ3n) is 3.69. The molecule has 0 fully saturated rings. The fourth-order valence-corrected chi connectivity index (χ4v) is 2.44. The standard InChI is InChI=1S/C17H16N2O5/c1-23-15(20)6-7-19-16(21)14(24-17(19)22)9-11-8-12-4-2-3-5-13(12)18-10-11/h2-5,8-9,21H,6-7,10H2,1H3. The van der Waals surface area contributed by atoms with E-state index in [1.807, 2.05) is 30.3 Å². The third kappa shape index (κ3) is 3.15. The molecule has 24 heavy (non-hydrogen) atoms. The van der Waals surface area contributed by atoms with Gasteiger partial charge in [-0.05, 0) is 23.8 Å². The Morgan fingerprint density at radius 3 is 3.04 bits per heavy atom. The fourth-order valence-electron chi connectivity index (χ4n) is 2.44. The first kappa shape index (κ1) is 15.8. The van der Waals surface area contributed by atoms with Crippen molar-refractivity contribution in [1.29, 1.82) is 0 Å². The molecule has 124 valence electrons. The number of para-hydroxylation sites is 1. The number of aromatic hydroxyl groups is 1. The summed E-state index contributed by atoms with van der Waals surface area (Å²) >= 11 is 0. The topological polar surface area (TPSA) is 94.0 Å². The number of rotatable bonds is 4. The van der Waals surface area contributed by atoms with Crippen LogP contribution in [0.3, 0.4) is 0 Å². The number of oxazole rings is 1. The van der Waals surface area contributed by atoms with Gasteiger partial charge >= 0.3 is 11.7 Å². The van der Waals surface area contributed by atoms with E-state index in [0.29, 0.717) is 6.54 Å². The summed E-state index contributed by atoms with van der Waals surface area (Å²) in [5.41, 5.74) is 0.804. The molecule has 2 aromatic rings. The molecule has 3 rings (SSSR count). The van der Waals surface area contributed by atoms with Crippen molar-refractivity contribution in [3.05, 3.63) is 56.7 Å². The molecule has 0 saturated heterocycles. The summed E-state index contributed by atoms with van der Waals surface area (Å²) in [4.78, 5) is 27.4. The highest BCUT2D eigenvalue weighted by Gasteiger charge is 2.16. The minimum absolute atomic E-state index is 0.0130. The number of benzene rings is 1. The molecule has 7 heteroatoms. The Labute approximate surface area is 136 Å². The first-order chi connectivity index (χ1) is 11.6. The van der Waals surface area contributed by atoms with E-state index < -0.39 is 11.7 Å². The van der Waals surface area contributed by atoms with Crippen LogP contribution in [0, 0.1) is 0 Å². The molecular weight excluding hydrogens is 312 g/mol. The Hall–Kier alpha value is -3.09. The van der Waals surface area contributed by atoms with Crippen molar-refractivity contribution in [3.8, 4) is 5.88 Å². The van der Waals surface area contributed by atoms with Gasteiger partial charge in [-0.3, -0.25) is 9.79 Å². The van der Waals surface area contributed by atoms with Gasteiger partial charge in [0.15, 0.2) is 5.76 Å². The molecule has 0 aliphatic carbocycles. The molecule has 1 aromatic heterocycles. The van der Waals surface area contributed by atoms with Crippen LogP contribution >= 0.6 is 0 Å². The third-order valence-corrected chi connectivity index (χ3v) is 3.69. The summed E-state index contributed by atoms with van der Waals surface area (Å²) in [6.07, 6.45) is 3.46. The Bertz CT molecular complexity index is 981. The van der Waals surface area contributed by atoms with E-state index in [1.54, 1.807) is 6.08 Å². The van der Waals surface area contributed by atoms with Crippen LogP contribution in [-0.4, -0.2) is 29.3 Å². The second kappa shape index (κ2) is 6.57. The number of methoxy groups -OCH3 is 1. The molecule has 1 N–H and O–H groups in total. The molecule has 2 heterocycles. The van der Waals surface area contributed by atoms with Gasteiger partial charge < -0.3 is 14.3 Å². The number of nitrogens with zero attached hydrogens (tertiary/aromatic N) is 2. The molecule has 1 aliphatic heterocycles. The minimum Gasteiger partial charge on any atom is -0.492 e. The lowest BCUT2D eigenvalue weighted by molar-refractivity contribution is -0.140. The van der Waals surface area contributed by atoms with Gasteiger partial charge in [0.2, 0.25) is 5.88 Å². The Kier molecular flexibility index (Phi) is 4.33. The molecule has 1 aliphatic rings. The van der Waals surface area contributed by atoms with Crippen molar-refractivity contribution in [2.75, 3.05) is 13.7 Å². The number of hydrogen-bond donors (Lipinski definition) is 1. The number of aromatic nitrogens is 1. The molecular formula is C17H16N2O5. The highest BCUT2D eigenvalue weighted by Crippen LogP contribution is 2.20. The van der Waals surface area contributed by atoms with Gasteiger partial charge in [-0.25, -0.2) is 9.36 Å². The average molecular weight is 328 g/mol. The van der Waals surface area contributed by atoms with Crippen molar-refractivity contribution < 1.29 is 19.1 Å². The second-order valence-corrected chi connectivity index (χ2v) is 5.27. The van der Waals surface area contributed by atoms with Crippen molar-refractivity contribution in [2.45, 2.75) is 13.0 Å². The van der Waals surface area contributed by atoms with Crippen molar-refractivity contribution >= 4 is 18.1 Å². The maximum Gasteiger partial charge on any atom is 0.422 e. The molecule has 0 radical (unpaired) electrons. The van der Waals surface area contributed by atoms with Crippen LogP contribution in [0.25, 0.3) is 12.2 Å². The SMILES string of the molecule is COC(=O)CCn1c(O)c(C=C2C=c3ccccc3=NC2)oc1=O. The van der Waals surface area contributed by atoms with Gasteiger partial charge in [-0.2, -0.15) is 0 Å². The highest BCUT2D eigenvalue weighted by molar-refractivity contribution is 5.69. The zero-order chi connectivity index (χ0) is 17.1. The lowest BCUT2D eigenvalue weighted by atomic mass is 10.1. The lowest BCUT2D eigenvalue weighted by Crippen LogP contribution is -2.27. The first-order valence-electron chi connectivity index (χ1n) is 7.39. The number of fused-ring (bicyclic) bond motifs is 1. The van der Waals surface area contributed by atoms with Crippen molar-refractivity contribution in [2.24, 2.45) is 4.99 Å². The van der Waals surface area contributed by atoms with Crippen molar-refractivity contribution in [3.63, 3.8) is 0 Å². The normalized spacial score (nSPS) is 14.6. The second-order valence-electron chi connectivity index (χ2n) is 5.27. The van der Waals surface area contributed by atoms with Crippen LogP contribution in [0.15, 0.2) is 44.0 Å². The number of esters is 1. The van der Waals surface area contributed by atoms with Crippen LogP contribution in [0.1, 0.15) is 12.2 Å². The number of ether oxygens (including phenoxy) is 1. The predicted molar refractivity (Wildman–Crippen MR) is 85.8 cm³/mol. The summed E-state index contributed by atoms with van der Waals surface area (Å²) < 4.78 is 10.6. The summed E-state index contributed by atoms with van der Waals surface area (Å²) in [6, 6.07) is 7.68. The molecule has 1 aromatic carbocycles. The molecule has 0 spiro atoms. The van der Waals surface area contributed by atoms with Gasteiger partial charge in [0.1, 0.15) is 0 Å². The Morgan fingerprint density at radius 1 is 1.46 bits per heavy atom. The largest absolute Gasteiger partial charge is 0.492 e. The zero-order valence-corrected chi connectivity index (χ0v) is 13.1. The summed E-state index contributed by atoms with van der Waals surface area (Å²) in [7, 11) is 1.26. The van der Waals surface area contributed by atoms with E-state index >= 15 is 0 Å². The maximum absolute atomic E-state index is 11.8. The van der Waals surface area contributed by atoms with E-state index in [2.05, 4.69) is 9.73 Å². The Balaban J connectivity index is 1.90. The summed E-state index contributed by atoms with van der Waals surface area (Å²) in [5.74, 6) is -1.47. The van der Waals surface area contributed by atoms with Gasteiger partial charge in [0.25, 0.3) is 0 Å². The summed E-state index contributed by atoms with van der Waals surface area (Å²) in [5, 5.41) is 12.0. The van der Waals surface area contributed by atoms with E-state index in [0.717, 1.165) is 20.7 Å². The maximum atomic E-state index is 11.8. The van der Waals surface area contributed by atoms with E-state index in [-0.39, 0.29) is 24.6 Å². The minimum atomic E-state index is -0.726. The van der Waals surface area contributed by atoms with E-state index in [9.17, 15) is 14.7 Å². The van der Waals surface area contributed by atoms with Crippen LogP contribution in [0.2, 0.25) is 0 Å². The van der Waals surface area contributed by atoms with E-state index in [1.165, 1.54) is 7.11 Å². The van der Waals surface area contributed by atoms with Crippen LogP contribution in [0.4, 0.5) is 0 Å². The molecule has 0 bridgehead atoms. The zero-order valence-electron chi connectivity index (χ0n) is 13.1. The van der Waals surface area contributed by atoms with Gasteiger partial charge in [-0.1, -0.05) is 18.2 Å². The monoisotopic (exact) mass is 328 g/mol. The quantitative estimate of drug-likeness (QED) is 0.810. The molecule has 0 amide bonds. The first-order valence-corrected chi connectivity index (χ1v) is 7.39. The summed E-state index contributed by atoms with van der Waals surface area (Å²) in [6.45, 7) is 0.411. The number of hydrogen-bond acceptors (Lipinski definition) is 6. The molecule has 0 unspecified atom stereocenters. The fraction of sp³-hybridized carbons (Fsp3) is 0.235. The van der Waals surface area contributed by atoms with Crippen LogP contribution < -0.4 is 16.3 Å². The smallest absolute Gasteiger partial charge is 0.422 e. The predicted octanol–water partition coefficient (Wildman–Crippen LogP) is 0.207. The van der Waals surface area contributed by atoms with Gasteiger partial charge in [0, 0.05) is 11.8 Å². The lowest BCUT2D eigenvalue weighted by Gasteiger charge is -2.04. The van der Waals surface area contributed by atoms with Crippen LogP contribution in [-0.2, 0) is 16.1 Å².